The molecule has 1 aliphatic heterocycles. The van der Waals surface area contributed by atoms with Crippen molar-refractivity contribution in [2.45, 2.75) is 13.5 Å². The molecule has 39 heavy (non-hydrogen) atoms. The third-order valence-corrected chi connectivity index (χ3v) is 5.48. The van der Waals surface area contributed by atoms with Crippen LogP contribution in [0.5, 0.6) is 23.0 Å². The third-order valence-electron chi connectivity index (χ3n) is 5.23. The normalized spacial score (nSPS) is 11.6. The summed E-state index contributed by atoms with van der Waals surface area (Å²) in [6, 6.07) is 16.8. The second kappa shape index (κ2) is 13.2. The summed E-state index contributed by atoms with van der Waals surface area (Å²) in [7, 11) is 0. The van der Waals surface area contributed by atoms with Gasteiger partial charge in [0.05, 0.1) is 12.8 Å². The van der Waals surface area contributed by atoms with Crippen molar-refractivity contribution in [3.63, 3.8) is 0 Å². The molecule has 0 saturated heterocycles. The molecule has 0 fully saturated rings. The highest BCUT2D eigenvalue weighted by Crippen LogP contribution is 2.32. The average molecular weight is 553 g/mol. The Balaban J connectivity index is 1.26. The van der Waals surface area contributed by atoms with E-state index in [4.69, 9.17) is 30.5 Å². The summed E-state index contributed by atoms with van der Waals surface area (Å²) in [6.07, 6.45) is 1.35. The molecule has 1 heterocycles. The van der Waals surface area contributed by atoms with Crippen molar-refractivity contribution in [3.8, 4) is 23.0 Å². The molecule has 3 N–H and O–H groups in total. The van der Waals surface area contributed by atoms with Gasteiger partial charge in [0.25, 0.3) is 5.91 Å². The highest BCUT2D eigenvalue weighted by Gasteiger charge is 2.16. The van der Waals surface area contributed by atoms with Gasteiger partial charge in [0.2, 0.25) is 6.79 Å². The molecule has 4 rings (SSSR count). The van der Waals surface area contributed by atoms with Crippen molar-refractivity contribution in [2.24, 2.45) is 5.10 Å². The zero-order valence-electron chi connectivity index (χ0n) is 20.9. The molecule has 0 unspecified atom stereocenters. The van der Waals surface area contributed by atoms with Gasteiger partial charge in [-0.05, 0) is 72.6 Å². The van der Waals surface area contributed by atoms with Crippen molar-refractivity contribution in [3.05, 3.63) is 76.8 Å². The first kappa shape index (κ1) is 27.3. The van der Waals surface area contributed by atoms with Crippen LogP contribution in [-0.2, 0) is 20.9 Å². The summed E-state index contributed by atoms with van der Waals surface area (Å²) in [4.78, 5) is 36.4. The maximum absolute atomic E-state index is 12.2. The number of ether oxygens (including phenoxy) is 4. The standard InChI is InChI=1S/C27H25ClN4O7/c1-2-36-23-12-18(4-9-21(23)37-15-25(33)31-20-7-5-19(28)6-8-20)14-30-32-27(35)26(34)29-13-17-3-10-22-24(11-17)39-16-38-22/h3-12,14H,2,13,15-16H2,1H3,(H,29,34)(H,31,33)(H,32,35)/b30-14-. The van der Waals surface area contributed by atoms with Crippen LogP contribution in [0.2, 0.25) is 5.02 Å². The van der Waals surface area contributed by atoms with E-state index >= 15 is 0 Å². The molecular formula is C27H25ClN4O7. The number of hydrogen-bond acceptors (Lipinski definition) is 8. The minimum atomic E-state index is -0.927. The lowest BCUT2D eigenvalue weighted by Crippen LogP contribution is -2.37. The largest absolute Gasteiger partial charge is 0.490 e. The number of nitrogens with zero attached hydrogens (tertiary/aromatic N) is 1. The molecule has 3 amide bonds. The first-order chi connectivity index (χ1) is 18.9. The van der Waals surface area contributed by atoms with E-state index in [9.17, 15) is 14.4 Å². The van der Waals surface area contributed by atoms with Crippen molar-refractivity contribution < 1.29 is 33.3 Å². The van der Waals surface area contributed by atoms with Gasteiger partial charge in [-0.15, -0.1) is 0 Å². The Hall–Kier alpha value is -4.77. The maximum atomic E-state index is 12.2. The van der Waals surface area contributed by atoms with Gasteiger partial charge in [0.15, 0.2) is 29.6 Å². The lowest BCUT2D eigenvalue weighted by molar-refractivity contribution is -0.139. The summed E-state index contributed by atoms with van der Waals surface area (Å²) in [6.45, 7) is 2.20. The smallest absolute Gasteiger partial charge is 0.329 e. The molecule has 0 spiro atoms. The van der Waals surface area contributed by atoms with Gasteiger partial charge in [0, 0.05) is 17.3 Å². The summed E-state index contributed by atoms with van der Waals surface area (Å²) in [5.74, 6) is -0.182. The molecule has 0 radical (unpaired) electrons. The molecule has 3 aromatic carbocycles. The van der Waals surface area contributed by atoms with Crippen LogP contribution in [0.3, 0.4) is 0 Å². The zero-order valence-corrected chi connectivity index (χ0v) is 21.6. The lowest BCUT2D eigenvalue weighted by atomic mass is 10.2. The van der Waals surface area contributed by atoms with Gasteiger partial charge < -0.3 is 29.6 Å². The number of anilines is 1. The van der Waals surface area contributed by atoms with E-state index in [0.29, 0.717) is 45.9 Å². The summed E-state index contributed by atoms with van der Waals surface area (Å²) < 4.78 is 21.8. The molecule has 3 aromatic rings. The predicted octanol–water partition coefficient (Wildman–Crippen LogP) is 3.25. The van der Waals surface area contributed by atoms with Gasteiger partial charge in [-0.1, -0.05) is 17.7 Å². The molecule has 0 aliphatic carbocycles. The Bertz CT molecular complexity index is 1380. The summed E-state index contributed by atoms with van der Waals surface area (Å²) >= 11 is 5.85. The molecular weight excluding hydrogens is 528 g/mol. The minimum absolute atomic E-state index is 0.128. The van der Waals surface area contributed by atoms with E-state index in [1.807, 2.05) is 0 Å². The van der Waals surface area contributed by atoms with Crippen LogP contribution in [-0.4, -0.2) is 43.9 Å². The SMILES string of the molecule is CCOc1cc(/C=N\NC(=O)C(=O)NCc2ccc3c(c2)OCO3)ccc1OCC(=O)Nc1ccc(Cl)cc1. The highest BCUT2D eigenvalue weighted by atomic mass is 35.5. The number of rotatable bonds is 10. The van der Waals surface area contributed by atoms with Crippen molar-refractivity contribution in [1.82, 2.24) is 10.7 Å². The number of fused-ring (bicyclic) bond motifs is 1. The molecule has 0 saturated carbocycles. The fourth-order valence-electron chi connectivity index (χ4n) is 3.40. The van der Waals surface area contributed by atoms with Crippen LogP contribution >= 0.6 is 11.6 Å². The van der Waals surface area contributed by atoms with Gasteiger partial charge >= 0.3 is 11.8 Å². The molecule has 1 aliphatic rings. The maximum Gasteiger partial charge on any atom is 0.329 e. The highest BCUT2D eigenvalue weighted by molar-refractivity contribution is 6.35. The van der Waals surface area contributed by atoms with Crippen LogP contribution in [0.1, 0.15) is 18.1 Å². The van der Waals surface area contributed by atoms with Crippen molar-refractivity contribution in [2.75, 3.05) is 25.3 Å². The monoisotopic (exact) mass is 552 g/mol. The van der Waals surface area contributed by atoms with Crippen LogP contribution in [0.25, 0.3) is 0 Å². The van der Waals surface area contributed by atoms with Gasteiger partial charge in [-0.2, -0.15) is 5.10 Å². The number of carbonyl (C=O) groups excluding carboxylic acids is 3. The number of hydrogen-bond donors (Lipinski definition) is 3. The van der Waals surface area contributed by atoms with Gasteiger partial charge in [0.1, 0.15) is 0 Å². The Morgan fingerprint density at radius 1 is 0.949 bits per heavy atom. The Morgan fingerprint density at radius 3 is 2.54 bits per heavy atom. The molecule has 0 bridgehead atoms. The van der Waals surface area contributed by atoms with E-state index in [1.54, 1.807) is 67.6 Å². The van der Waals surface area contributed by atoms with E-state index in [-0.39, 0.29) is 25.9 Å². The summed E-state index contributed by atoms with van der Waals surface area (Å²) in [5, 5.41) is 9.62. The molecule has 202 valence electrons. The Morgan fingerprint density at radius 2 is 1.74 bits per heavy atom. The lowest BCUT2D eigenvalue weighted by Gasteiger charge is -2.12. The quantitative estimate of drug-likeness (QED) is 0.199. The second-order valence-corrected chi connectivity index (χ2v) is 8.49. The number of amides is 3. The Kier molecular flexibility index (Phi) is 9.20. The van der Waals surface area contributed by atoms with Crippen molar-refractivity contribution in [1.29, 1.82) is 0 Å². The molecule has 0 atom stereocenters. The van der Waals surface area contributed by atoms with Crippen LogP contribution < -0.4 is 35.0 Å². The fraction of sp³-hybridized carbons (Fsp3) is 0.185. The topological polar surface area (TPSA) is 137 Å². The minimum Gasteiger partial charge on any atom is -0.490 e. The fourth-order valence-corrected chi connectivity index (χ4v) is 3.52. The number of carbonyl (C=O) groups is 3. The summed E-state index contributed by atoms with van der Waals surface area (Å²) in [5.41, 5.74) is 4.09. The second-order valence-electron chi connectivity index (χ2n) is 8.05. The molecule has 0 aromatic heterocycles. The molecule has 12 heteroatoms. The van der Waals surface area contributed by atoms with Crippen LogP contribution in [0, 0.1) is 0 Å². The third kappa shape index (κ3) is 7.86. The van der Waals surface area contributed by atoms with E-state index < -0.39 is 11.8 Å². The van der Waals surface area contributed by atoms with Gasteiger partial charge in [-0.25, -0.2) is 5.43 Å². The average Bonchev–Trinajstić information content (AvgIpc) is 3.41. The number of benzene rings is 3. The van der Waals surface area contributed by atoms with Gasteiger partial charge in [-0.3, -0.25) is 14.4 Å². The van der Waals surface area contributed by atoms with Crippen molar-refractivity contribution >= 4 is 41.2 Å². The molecule has 11 nitrogen and oxygen atoms in total. The van der Waals surface area contributed by atoms with Crippen LogP contribution in [0.4, 0.5) is 5.69 Å². The number of hydrazone groups is 1. The van der Waals surface area contributed by atoms with E-state index in [0.717, 1.165) is 5.56 Å². The predicted molar refractivity (Wildman–Crippen MR) is 143 cm³/mol. The number of halogens is 1. The van der Waals surface area contributed by atoms with Crippen LogP contribution in [0.15, 0.2) is 65.8 Å². The van der Waals surface area contributed by atoms with E-state index in [2.05, 4.69) is 21.2 Å². The number of nitrogens with one attached hydrogen (secondary N) is 3. The first-order valence-electron chi connectivity index (χ1n) is 11.9. The zero-order chi connectivity index (χ0) is 27.6. The first-order valence-corrected chi connectivity index (χ1v) is 12.2. The van der Waals surface area contributed by atoms with E-state index in [1.165, 1.54) is 6.21 Å². The Labute approximate surface area is 229 Å².